The number of imide groups is 1. The van der Waals surface area contributed by atoms with Gasteiger partial charge in [0.15, 0.2) is 0 Å². The van der Waals surface area contributed by atoms with E-state index in [9.17, 15) is 9.59 Å². The fourth-order valence-electron chi connectivity index (χ4n) is 0.980. The Morgan fingerprint density at radius 3 is 2.67 bits per heavy atom. The lowest BCUT2D eigenvalue weighted by Crippen LogP contribution is -2.32. The van der Waals surface area contributed by atoms with Crippen molar-refractivity contribution in [1.82, 2.24) is 10.2 Å². The largest absolute Gasteiger partial charge is 0.326 e. The average Bonchev–Trinajstić information content (AvgIpc) is 2.16. The molecule has 0 saturated carbocycles. The van der Waals surface area contributed by atoms with Crippen molar-refractivity contribution in [2.75, 3.05) is 6.54 Å². The van der Waals surface area contributed by atoms with Gasteiger partial charge in [-0.1, -0.05) is 18.2 Å². The molecule has 1 rings (SSSR count). The number of amides is 3. The zero-order valence-electron chi connectivity index (χ0n) is 6.63. The van der Waals surface area contributed by atoms with E-state index in [-0.39, 0.29) is 17.5 Å². The number of nitrogens with one attached hydrogen (secondary N) is 1. The quantitative estimate of drug-likeness (QED) is 0.648. The molecular formula is C7H9ClN2O2. The Balaban J connectivity index is 2.70. The summed E-state index contributed by atoms with van der Waals surface area (Å²) in [5.41, 5.74) is 0. The third-order valence-corrected chi connectivity index (χ3v) is 1.67. The van der Waals surface area contributed by atoms with Gasteiger partial charge >= 0.3 is 6.03 Å². The molecule has 0 aromatic heterocycles. The van der Waals surface area contributed by atoms with Gasteiger partial charge < -0.3 is 5.32 Å². The smallest absolute Gasteiger partial charge is 0.325 e. The maximum Gasteiger partial charge on any atom is 0.325 e. The third kappa shape index (κ3) is 1.58. The highest BCUT2D eigenvalue weighted by molar-refractivity contribution is 6.29. The van der Waals surface area contributed by atoms with Gasteiger partial charge in [0.25, 0.3) is 5.91 Å². The number of carbonyl (C=O) groups excluding carboxylic acids is 2. The Kier molecular flexibility index (Phi) is 2.38. The second kappa shape index (κ2) is 3.15. The molecule has 1 unspecified atom stereocenters. The number of hydrogen-bond donors (Lipinski definition) is 1. The topological polar surface area (TPSA) is 49.4 Å². The van der Waals surface area contributed by atoms with E-state index >= 15 is 0 Å². The molecule has 66 valence electrons. The number of halogens is 1. The fourth-order valence-corrected chi connectivity index (χ4v) is 1.10. The number of nitrogens with zero attached hydrogens (tertiary/aromatic N) is 1. The van der Waals surface area contributed by atoms with Crippen LogP contribution < -0.4 is 5.32 Å². The lowest BCUT2D eigenvalue weighted by Gasteiger charge is -2.10. The van der Waals surface area contributed by atoms with Gasteiger partial charge in [0.1, 0.15) is 6.04 Å². The Labute approximate surface area is 75.2 Å². The van der Waals surface area contributed by atoms with Crippen molar-refractivity contribution >= 4 is 23.5 Å². The molecule has 1 atom stereocenters. The Bertz CT molecular complexity index is 252. The first-order valence-electron chi connectivity index (χ1n) is 3.47. The Morgan fingerprint density at radius 1 is 1.75 bits per heavy atom. The van der Waals surface area contributed by atoms with Gasteiger partial charge in [0.2, 0.25) is 0 Å². The lowest BCUT2D eigenvalue weighted by molar-refractivity contribution is -0.126. The highest BCUT2D eigenvalue weighted by atomic mass is 35.5. The molecule has 12 heavy (non-hydrogen) atoms. The van der Waals surface area contributed by atoms with Gasteiger partial charge in [-0.3, -0.25) is 9.69 Å². The molecule has 1 aliphatic rings. The maximum absolute atomic E-state index is 11.2. The van der Waals surface area contributed by atoms with Crippen LogP contribution in [-0.2, 0) is 4.79 Å². The third-order valence-electron chi connectivity index (χ3n) is 1.55. The molecule has 1 N–H and O–H groups in total. The monoisotopic (exact) mass is 188 g/mol. The molecule has 3 amide bonds. The van der Waals surface area contributed by atoms with Crippen LogP contribution in [0.15, 0.2) is 11.6 Å². The maximum atomic E-state index is 11.2. The molecule has 4 nitrogen and oxygen atoms in total. The number of carbonyl (C=O) groups is 2. The van der Waals surface area contributed by atoms with E-state index in [4.69, 9.17) is 11.6 Å². The van der Waals surface area contributed by atoms with Crippen molar-refractivity contribution in [3.05, 3.63) is 11.6 Å². The van der Waals surface area contributed by atoms with E-state index < -0.39 is 12.1 Å². The standard InChI is InChI=1S/C7H9ClN2O2/c1-4(8)3-10-6(11)5(2)9-7(10)12/h5H,1,3H2,2H3,(H,9,12). The van der Waals surface area contributed by atoms with E-state index in [0.29, 0.717) is 0 Å². The van der Waals surface area contributed by atoms with E-state index in [2.05, 4.69) is 11.9 Å². The van der Waals surface area contributed by atoms with Crippen LogP contribution in [0.4, 0.5) is 4.79 Å². The van der Waals surface area contributed by atoms with Crippen LogP contribution in [-0.4, -0.2) is 29.4 Å². The number of hydrogen-bond acceptors (Lipinski definition) is 2. The second-order valence-electron chi connectivity index (χ2n) is 2.61. The molecule has 1 saturated heterocycles. The van der Waals surface area contributed by atoms with E-state index in [1.54, 1.807) is 6.92 Å². The summed E-state index contributed by atoms with van der Waals surface area (Å²) < 4.78 is 0. The average molecular weight is 189 g/mol. The summed E-state index contributed by atoms with van der Waals surface area (Å²) in [5, 5.41) is 2.73. The van der Waals surface area contributed by atoms with Crippen molar-refractivity contribution in [1.29, 1.82) is 0 Å². The molecule has 0 radical (unpaired) electrons. The van der Waals surface area contributed by atoms with E-state index in [1.165, 1.54) is 0 Å². The van der Waals surface area contributed by atoms with Crippen molar-refractivity contribution < 1.29 is 9.59 Å². The van der Waals surface area contributed by atoms with Crippen LogP contribution in [0.5, 0.6) is 0 Å². The number of rotatable bonds is 2. The van der Waals surface area contributed by atoms with Crippen LogP contribution in [0.1, 0.15) is 6.92 Å². The van der Waals surface area contributed by atoms with Crippen molar-refractivity contribution in [3.63, 3.8) is 0 Å². The molecular weight excluding hydrogens is 180 g/mol. The van der Waals surface area contributed by atoms with Crippen molar-refractivity contribution in [2.24, 2.45) is 0 Å². The first-order valence-corrected chi connectivity index (χ1v) is 3.85. The molecule has 0 aromatic rings. The molecule has 1 heterocycles. The summed E-state index contributed by atoms with van der Waals surface area (Å²) in [5.74, 6) is -0.262. The molecule has 5 heteroatoms. The SMILES string of the molecule is C=C(Cl)CN1C(=O)NC(C)C1=O. The van der Waals surface area contributed by atoms with E-state index in [0.717, 1.165) is 4.90 Å². The number of urea groups is 1. The summed E-state index contributed by atoms with van der Waals surface area (Å²) in [4.78, 5) is 23.3. The normalized spacial score (nSPS) is 22.8. The van der Waals surface area contributed by atoms with Crippen LogP contribution in [0.25, 0.3) is 0 Å². The van der Waals surface area contributed by atoms with Gasteiger partial charge in [-0.2, -0.15) is 0 Å². The minimum Gasteiger partial charge on any atom is -0.326 e. The predicted molar refractivity (Wildman–Crippen MR) is 44.7 cm³/mol. The van der Waals surface area contributed by atoms with Gasteiger partial charge in [0.05, 0.1) is 6.54 Å². The van der Waals surface area contributed by atoms with Crippen LogP contribution in [0, 0.1) is 0 Å². The molecule has 0 aromatic carbocycles. The highest BCUT2D eigenvalue weighted by Gasteiger charge is 2.34. The summed E-state index contributed by atoms with van der Waals surface area (Å²) in [6.45, 7) is 5.11. The minimum atomic E-state index is -0.450. The summed E-state index contributed by atoms with van der Waals surface area (Å²) in [6.07, 6.45) is 0. The van der Waals surface area contributed by atoms with Crippen LogP contribution in [0.2, 0.25) is 0 Å². The minimum absolute atomic E-state index is 0.0799. The highest BCUT2D eigenvalue weighted by Crippen LogP contribution is 2.09. The van der Waals surface area contributed by atoms with Gasteiger partial charge in [0, 0.05) is 5.03 Å². The van der Waals surface area contributed by atoms with Gasteiger partial charge in [-0.25, -0.2) is 4.79 Å². The summed E-state index contributed by atoms with van der Waals surface area (Å²) in [7, 11) is 0. The zero-order chi connectivity index (χ0) is 9.30. The van der Waals surface area contributed by atoms with E-state index in [1.807, 2.05) is 0 Å². The van der Waals surface area contributed by atoms with Crippen LogP contribution in [0.3, 0.4) is 0 Å². The Morgan fingerprint density at radius 2 is 2.33 bits per heavy atom. The zero-order valence-corrected chi connectivity index (χ0v) is 7.39. The molecule has 0 aliphatic carbocycles. The van der Waals surface area contributed by atoms with Gasteiger partial charge in [-0.15, -0.1) is 0 Å². The summed E-state index contributed by atoms with van der Waals surface area (Å²) in [6, 6.07) is -0.859. The van der Waals surface area contributed by atoms with Gasteiger partial charge in [-0.05, 0) is 6.92 Å². The molecule has 1 aliphatic heterocycles. The van der Waals surface area contributed by atoms with Crippen molar-refractivity contribution in [2.45, 2.75) is 13.0 Å². The summed E-state index contributed by atoms with van der Waals surface area (Å²) >= 11 is 5.47. The van der Waals surface area contributed by atoms with Crippen LogP contribution >= 0.6 is 11.6 Å². The fraction of sp³-hybridized carbons (Fsp3) is 0.429. The predicted octanol–water partition coefficient (Wildman–Crippen LogP) is 0.679. The van der Waals surface area contributed by atoms with Crippen molar-refractivity contribution in [3.8, 4) is 0 Å². The first-order chi connectivity index (χ1) is 5.52. The molecule has 0 bridgehead atoms. The Hall–Kier alpha value is -1.03. The molecule has 0 spiro atoms. The lowest BCUT2D eigenvalue weighted by atomic mass is 10.3. The second-order valence-corrected chi connectivity index (χ2v) is 3.15. The molecule has 1 fully saturated rings. The first kappa shape index (κ1) is 9.06.